The van der Waals surface area contributed by atoms with Crippen LogP contribution < -0.4 is 20.7 Å². The summed E-state index contributed by atoms with van der Waals surface area (Å²) in [4.78, 5) is 0. The third-order valence-electron chi connectivity index (χ3n) is 9.93. The van der Waals surface area contributed by atoms with Gasteiger partial charge in [0, 0.05) is 16.7 Å². The quantitative estimate of drug-likeness (QED) is 0.110. The molecule has 0 aliphatic heterocycles. The molecule has 250 valence electrons. The maximum atomic E-state index is 15.0. The van der Waals surface area contributed by atoms with Crippen molar-refractivity contribution in [2.24, 2.45) is 0 Å². The normalized spacial score (nSPS) is 11.4. The molecule has 0 aliphatic carbocycles. The molecule has 52 heavy (non-hydrogen) atoms. The van der Waals surface area contributed by atoms with E-state index in [2.05, 4.69) is 72.8 Å². The lowest BCUT2D eigenvalue weighted by atomic mass is 10.1. The topological polar surface area (TPSA) is 0 Å². The van der Waals surface area contributed by atoms with E-state index in [4.69, 9.17) is 0 Å². The highest BCUT2D eigenvalue weighted by Crippen LogP contribution is 2.27. The molecule has 0 saturated carbocycles. The Bertz CT molecular complexity index is 2240. The molecular weight excluding hydrogens is 662 g/mol. The molecule has 0 saturated heterocycles. The summed E-state index contributed by atoms with van der Waals surface area (Å²) in [6.07, 6.45) is 0. The Hall–Kier alpha value is -6.23. The van der Waals surface area contributed by atoms with Gasteiger partial charge in [-0.1, -0.05) is 182 Å². The first-order valence-corrected chi connectivity index (χ1v) is 19.2. The highest BCUT2D eigenvalue weighted by molar-refractivity contribution is 7.19. The Labute approximate surface area is 303 Å². The fourth-order valence-corrected chi connectivity index (χ4v) is 12.0. The summed E-state index contributed by atoms with van der Waals surface area (Å²) >= 11 is 0. The van der Waals surface area contributed by atoms with Crippen LogP contribution in [0.2, 0.25) is 0 Å². The SMILES string of the molecule is Fc1ccccc1-c1ccc([Si](c2ccc(-c3ccccc3)cc2)(c2ccc(-c3ccccc3F)cc2)c2ccc(-c3ccccc3F)cc2)cc1. The molecule has 0 amide bonds. The second-order valence-corrected chi connectivity index (χ2v) is 16.7. The van der Waals surface area contributed by atoms with Gasteiger partial charge in [0.25, 0.3) is 0 Å². The van der Waals surface area contributed by atoms with Crippen LogP contribution in [-0.4, -0.2) is 8.07 Å². The van der Waals surface area contributed by atoms with E-state index in [0.29, 0.717) is 16.7 Å². The van der Waals surface area contributed by atoms with Crippen LogP contribution >= 0.6 is 0 Å². The first-order chi connectivity index (χ1) is 25.5. The Morgan fingerprint density at radius 1 is 0.231 bits per heavy atom. The Balaban J connectivity index is 1.36. The van der Waals surface area contributed by atoms with Crippen LogP contribution in [0.4, 0.5) is 13.2 Å². The second kappa shape index (κ2) is 14.2. The van der Waals surface area contributed by atoms with E-state index in [9.17, 15) is 13.2 Å². The summed E-state index contributed by atoms with van der Waals surface area (Å²) in [7, 11) is -3.12. The number of halogens is 3. The van der Waals surface area contributed by atoms with E-state index < -0.39 is 8.07 Å². The van der Waals surface area contributed by atoms with E-state index in [-0.39, 0.29) is 17.5 Å². The maximum absolute atomic E-state index is 15.0. The third-order valence-corrected chi connectivity index (χ3v) is 14.7. The molecule has 0 unspecified atom stereocenters. The summed E-state index contributed by atoms with van der Waals surface area (Å²) < 4.78 is 44.9. The first kappa shape index (κ1) is 32.9. The van der Waals surface area contributed by atoms with E-state index >= 15 is 0 Å². The van der Waals surface area contributed by atoms with Crippen LogP contribution in [0.3, 0.4) is 0 Å². The molecule has 0 bridgehead atoms. The van der Waals surface area contributed by atoms with Gasteiger partial charge in [-0.3, -0.25) is 0 Å². The van der Waals surface area contributed by atoms with Crippen LogP contribution in [0, 0.1) is 17.5 Å². The Morgan fingerprint density at radius 3 is 0.788 bits per heavy atom. The average Bonchev–Trinajstić information content (AvgIpc) is 3.20. The smallest absolute Gasteiger partial charge is 0.179 e. The van der Waals surface area contributed by atoms with Crippen molar-refractivity contribution in [3.63, 3.8) is 0 Å². The molecule has 0 nitrogen and oxygen atoms in total. The fourth-order valence-electron chi connectivity index (χ4n) is 7.33. The maximum Gasteiger partial charge on any atom is 0.179 e. The molecule has 8 aromatic carbocycles. The highest BCUT2D eigenvalue weighted by Gasteiger charge is 2.41. The lowest BCUT2D eigenvalue weighted by Gasteiger charge is -2.35. The zero-order valence-corrected chi connectivity index (χ0v) is 29.2. The molecule has 0 aliphatic rings. The molecule has 0 spiro atoms. The number of rotatable bonds is 8. The molecular formula is C48H33F3Si. The van der Waals surface area contributed by atoms with Gasteiger partial charge >= 0.3 is 0 Å². The standard InChI is InChI=1S/C48H33F3Si/c49-46-15-7-4-12-43(46)36-20-28-40(29-21-36)52(39-26-18-35(19-27-39)34-10-2-1-3-11-34,41-30-22-37(23-31-41)44-13-5-8-16-47(44)50)42-32-24-38(25-33-42)45-14-6-9-17-48(45)51/h1-33H. The van der Waals surface area contributed by atoms with Crippen molar-refractivity contribution in [3.05, 3.63) is 218 Å². The summed E-state index contributed by atoms with van der Waals surface area (Å²) in [5.74, 6) is -0.826. The summed E-state index contributed by atoms with van der Waals surface area (Å²) in [5.41, 5.74) is 6.20. The molecule has 0 atom stereocenters. The summed E-state index contributed by atoms with van der Waals surface area (Å²) in [6.45, 7) is 0. The lowest BCUT2D eigenvalue weighted by Crippen LogP contribution is -2.74. The molecule has 0 heterocycles. The van der Waals surface area contributed by atoms with Crippen LogP contribution in [0.25, 0.3) is 44.5 Å². The minimum atomic E-state index is -3.12. The van der Waals surface area contributed by atoms with Crippen LogP contribution in [0.5, 0.6) is 0 Å². The van der Waals surface area contributed by atoms with Crippen molar-refractivity contribution in [1.29, 1.82) is 0 Å². The van der Waals surface area contributed by atoms with E-state index in [0.717, 1.165) is 48.6 Å². The van der Waals surface area contributed by atoms with Gasteiger partial charge in [-0.25, -0.2) is 13.2 Å². The summed E-state index contributed by atoms with van der Waals surface area (Å²) in [6, 6.07) is 64.2. The van der Waals surface area contributed by atoms with Crippen molar-refractivity contribution in [3.8, 4) is 44.5 Å². The number of hydrogen-bond donors (Lipinski definition) is 0. The fraction of sp³-hybridized carbons (Fsp3) is 0. The predicted octanol–water partition coefficient (Wildman–Crippen LogP) is 10.1. The predicted molar refractivity (Wildman–Crippen MR) is 212 cm³/mol. The van der Waals surface area contributed by atoms with Gasteiger partial charge < -0.3 is 0 Å². The first-order valence-electron chi connectivity index (χ1n) is 17.2. The monoisotopic (exact) mass is 694 g/mol. The van der Waals surface area contributed by atoms with Gasteiger partial charge in [0.1, 0.15) is 17.5 Å². The number of benzene rings is 8. The minimum Gasteiger partial charge on any atom is -0.206 e. The average molecular weight is 695 g/mol. The van der Waals surface area contributed by atoms with Gasteiger partial charge in [-0.05, 0) is 66.8 Å². The second-order valence-electron chi connectivity index (χ2n) is 12.9. The Kier molecular flexibility index (Phi) is 8.98. The van der Waals surface area contributed by atoms with Gasteiger partial charge in [0.2, 0.25) is 0 Å². The third kappa shape index (κ3) is 6.08. The van der Waals surface area contributed by atoms with Crippen LogP contribution in [-0.2, 0) is 0 Å². The molecule has 0 N–H and O–H groups in total. The lowest BCUT2D eigenvalue weighted by molar-refractivity contribution is 0.631. The van der Waals surface area contributed by atoms with Gasteiger partial charge in [0.15, 0.2) is 8.07 Å². The Morgan fingerprint density at radius 2 is 0.481 bits per heavy atom. The molecule has 4 heteroatoms. The molecule has 0 fully saturated rings. The van der Waals surface area contributed by atoms with E-state index in [1.54, 1.807) is 36.4 Å². The highest BCUT2D eigenvalue weighted by atomic mass is 28.3. The van der Waals surface area contributed by atoms with Gasteiger partial charge in [-0.15, -0.1) is 0 Å². The molecule has 8 rings (SSSR count). The largest absolute Gasteiger partial charge is 0.206 e. The van der Waals surface area contributed by atoms with Crippen molar-refractivity contribution in [2.75, 3.05) is 0 Å². The zero-order valence-electron chi connectivity index (χ0n) is 28.2. The summed E-state index contributed by atoms with van der Waals surface area (Å²) in [5, 5.41) is 4.43. The van der Waals surface area contributed by atoms with Crippen molar-refractivity contribution in [1.82, 2.24) is 0 Å². The zero-order chi connectivity index (χ0) is 35.5. The number of hydrogen-bond acceptors (Lipinski definition) is 0. The van der Waals surface area contributed by atoms with Crippen molar-refractivity contribution in [2.45, 2.75) is 0 Å². The van der Waals surface area contributed by atoms with E-state index in [1.165, 1.54) is 18.2 Å². The van der Waals surface area contributed by atoms with Gasteiger partial charge in [0.05, 0.1) is 0 Å². The van der Waals surface area contributed by atoms with Crippen LogP contribution in [0.15, 0.2) is 200 Å². The van der Waals surface area contributed by atoms with E-state index in [1.807, 2.05) is 72.8 Å². The molecule has 0 radical (unpaired) electrons. The van der Waals surface area contributed by atoms with Crippen molar-refractivity contribution >= 4 is 28.8 Å². The molecule has 8 aromatic rings. The molecule has 0 aromatic heterocycles. The minimum absolute atomic E-state index is 0.275. The van der Waals surface area contributed by atoms with Gasteiger partial charge in [-0.2, -0.15) is 0 Å². The van der Waals surface area contributed by atoms with Crippen molar-refractivity contribution < 1.29 is 13.2 Å². The van der Waals surface area contributed by atoms with Crippen LogP contribution in [0.1, 0.15) is 0 Å².